The van der Waals surface area contributed by atoms with Crippen molar-refractivity contribution in [3.63, 3.8) is 0 Å². The molecule has 0 saturated carbocycles. The van der Waals surface area contributed by atoms with E-state index >= 15 is 0 Å². The lowest BCUT2D eigenvalue weighted by atomic mass is 9.80. The summed E-state index contributed by atoms with van der Waals surface area (Å²) in [5.74, 6) is 2.51. The maximum atomic E-state index is 13.5. The lowest BCUT2D eigenvalue weighted by Gasteiger charge is -2.43. The van der Waals surface area contributed by atoms with Crippen molar-refractivity contribution in [2.75, 3.05) is 12.0 Å². The molecule has 0 aromatic heterocycles. The highest BCUT2D eigenvalue weighted by molar-refractivity contribution is 6.55. The molecule has 5 nitrogen and oxygen atoms in total. The molecule has 5 rings (SSSR count). The minimum absolute atomic E-state index is 0.0592. The van der Waals surface area contributed by atoms with Gasteiger partial charge >= 0.3 is 0 Å². The van der Waals surface area contributed by atoms with E-state index in [1.54, 1.807) is 7.11 Å². The Morgan fingerprint density at radius 2 is 1.66 bits per heavy atom. The van der Waals surface area contributed by atoms with Crippen molar-refractivity contribution in [2.24, 2.45) is 4.99 Å². The minimum atomic E-state index is -0.280. The number of rotatable bonds is 4. The summed E-state index contributed by atoms with van der Waals surface area (Å²) in [7, 11) is 1.66. The van der Waals surface area contributed by atoms with Crippen LogP contribution in [-0.2, 0) is 4.79 Å². The third-order valence-electron chi connectivity index (χ3n) is 6.23. The molecular weight excluding hydrogens is 400 g/mol. The molecule has 3 aromatic carbocycles. The normalized spacial score (nSPS) is 19.8. The summed E-state index contributed by atoms with van der Waals surface area (Å²) in [4.78, 5) is 20.2. The molecule has 2 aliphatic rings. The second-order valence-electron chi connectivity index (χ2n) is 9.04. The molecule has 0 aliphatic carbocycles. The summed E-state index contributed by atoms with van der Waals surface area (Å²) in [6.07, 6.45) is 0.886. The van der Waals surface area contributed by atoms with E-state index in [1.807, 2.05) is 65.6 Å². The predicted octanol–water partition coefficient (Wildman–Crippen LogP) is 6.24. The third kappa shape index (κ3) is 3.34. The van der Waals surface area contributed by atoms with Crippen LogP contribution in [-0.4, -0.2) is 24.3 Å². The first-order valence-corrected chi connectivity index (χ1v) is 10.9. The molecule has 0 radical (unpaired) electrons. The van der Waals surface area contributed by atoms with Gasteiger partial charge in [-0.25, -0.2) is 4.99 Å². The van der Waals surface area contributed by atoms with Crippen LogP contribution < -0.4 is 14.4 Å². The van der Waals surface area contributed by atoms with Crippen molar-refractivity contribution >= 4 is 23.0 Å². The molecule has 0 bridgehead atoms. The van der Waals surface area contributed by atoms with Gasteiger partial charge in [-0.1, -0.05) is 25.1 Å². The van der Waals surface area contributed by atoms with Crippen molar-refractivity contribution in [1.29, 1.82) is 0 Å². The molecule has 1 atom stereocenters. The van der Waals surface area contributed by atoms with E-state index in [-0.39, 0.29) is 11.4 Å². The molecule has 0 unspecified atom stereocenters. The van der Waals surface area contributed by atoms with Gasteiger partial charge in [-0.05, 0) is 80.3 Å². The first-order valence-electron chi connectivity index (χ1n) is 10.9. The molecule has 2 aliphatic heterocycles. The lowest BCUT2D eigenvalue weighted by Crippen LogP contribution is -2.50. The highest BCUT2D eigenvalue weighted by Crippen LogP contribution is 2.50. The van der Waals surface area contributed by atoms with Gasteiger partial charge in [0.2, 0.25) is 0 Å². The van der Waals surface area contributed by atoms with Crippen molar-refractivity contribution in [1.82, 2.24) is 0 Å². The van der Waals surface area contributed by atoms with Crippen LogP contribution in [0.15, 0.2) is 71.7 Å². The summed E-state index contributed by atoms with van der Waals surface area (Å²) in [6, 6.07) is 21.1. The molecule has 0 saturated heterocycles. The van der Waals surface area contributed by atoms with Gasteiger partial charge in [0.15, 0.2) is 0 Å². The van der Waals surface area contributed by atoms with E-state index in [1.165, 1.54) is 0 Å². The van der Waals surface area contributed by atoms with Crippen molar-refractivity contribution < 1.29 is 14.3 Å². The van der Waals surface area contributed by atoms with Crippen molar-refractivity contribution in [2.45, 2.75) is 38.6 Å². The maximum Gasteiger partial charge on any atom is 0.278 e. The Morgan fingerprint density at radius 1 is 0.969 bits per heavy atom. The number of anilines is 1. The molecular formula is C27H26N2O3. The number of nitrogens with zero attached hydrogens (tertiary/aromatic N) is 2. The molecule has 0 N–H and O–H groups in total. The van der Waals surface area contributed by atoms with Gasteiger partial charge in [0.05, 0.1) is 18.5 Å². The molecule has 1 amide bonds. The largest absolute Gasteiger partial charge is 0.497 e. The number of benzene rings is 3. The third-order valence-corrected chi connectivity index (χ3v) is 6.23. The highest BCUT2D eigenvalue weighted by Gasteiger charge is 2.48. The number of carbonyl (C=O) groups excluding carboxylic acids is 1. The Bertz CT molecular complexity index is 1210. The van der Waals surface area contributed by atoms with Crippen molar-refractivity contribution in [3.8, 4) is 17.2 Å². The molecule has 2 heterocycles. The predicted molar refractivity (Wildman–Crippen MR) is 127 cm³/mol. The number of hydrogen-bond donors (Lipinski definition) is 0. The number of aliphatic imine (C=N–C) groups is 1. The summed E-state index contributed by atoms with van der Waals surface area (Å²) in [5.41, 5.74) is 3.84. The summed E-state index contributed by atoms with van der Waals surface area (Å²) in [6.45, 7) is 6.45. The second-order valence-corrected chi connectivity index (χ2v) is 9.04. The van der Waals surface area contributed by atoms with Gasteiger partial charge < -0.3 is 14.4 Å². The number of para-hydroxylation sites is 1. The van der Waals surface area contributed by atoms with Crippen molar-refractivity contribution in [3.05, 3.63) is 77.9 Å². The smallest absolute Gasteiger partial charge is 0.278 e. The molecule has 0 fully saturated rings. The van der Waals surface area contributed by atoms with Gasteiger partial charge in [-0.2, -0.15) is 0 Å². The fourth-order valence-corrected chi connectivity index (χ4v) is 4.85. The van der Waals surface area contributed by atoms with Crippen LogP contribution in [0.5, 0.6) is 17.2 Å². The van der Waals surface area contributed by atoms with Crippen LogP contribution >= 0.6 is 0 Å². The van der Waals surface area contributed by atoms with Gasteiger partial charge in [0, 0.05) is 11.1 Å². The first-order chi connectivity index (χ1) is 15.4. The van der Waals surface area contributed by atoms with Crippen LogP contribution in [0.1, 0.15) is 44.2 Å². The van der Waals surface area contributed by atoms with Gasteiger partial charge in [-0.3, -0.25) is 4.79 Å². The first kappa shape index (κ1) is 20.3. The number of carbonyl (C=O) groups is 1. The van der Waals surface area contributed by atoms with E-state index in [9.17, 15) is 4.79 Å². The number of ether oxygens (including phenoxy) is 2. The fraction of sp³-hybridized carbons (Fsp3) is 0.259. The Hall–Kier alpha value is -3.60. The highest BCUT2D eigenvalue weighted by atomic mass is 16.5. The maximum absolute atomic E-state index is 13.5. The summed E-state index contributed by atoms with van der Waals surface area (Å²) < 4.78 is 11.4. The molecule has 32 heavy (non-hydrogen) atoms. The average molecular weight is 427 g/mol. The van der Waals surface area contributed by atoms with Crippen LogP contribution in [0, 0.1) is 0 Å². The fourth-order valence-electron chi connectivity index (χ4n) is 4.85. The summed E-state index contributed by atoms with van der Waals surface area (Å²) in [5, 5.41) is 0. The monoisotopic (exact) mass is 426 g/mol. The SMILES string of the molecule is COc1cc2c3c(c1)[C@H](C)CC(C)(C)N3C(=O)C2=Nc1ccc(Oc2ccccc2)cc1. The molecule has 3 aromatic rings. The van der Waals surface area contributed by atoms with Gasteiger partial charge in [0.1, 0.15) is 23.0 Å². The van der Waals surface area contributed by atoms with E-state index in [0.717, 1.165) is 40.5 Å². The second kappa shape index (κ2) is 7.52. The zero-order chi connectivity index (χ0) is 22.5. The zero-order valence-electron chi connectivity index (χ0n) is 18.8. The van der Waals surface area contributed by atoms with Gasteiger partial charge in [0.25, 0.3) is 5.91 Å². The quantitative estimate of drug-likeness (QED) is 0.496. The van der Waals surface area contributed by atoms with Crippen LogP contribution in [0.4, 0.5) is 11.4 Å². The van der Waals surface area contributed by atoms with E-state index in [4.69, 9.17) is 14.5 Å². The number of hydrogen-bond acceptors (Lipinski definition) is 4. The molecule has 162 valence electrons. The van der Waals surface area contributed by atoms with E-state index < -0.39 is 0 Å². The topological polar surface area (TPSA) is 51.1 Å². The lowest BCUT2D eigenvalue weighted by molar-refractivity contribution is -0.113. The average Bonchev–Trinajstić information content (AvgIpc) is 3.06. The Morgan fingerprint density at radius 3 is 2.34 bits per heavy atom. The standard InChI is InChI=1S/C27H26N2O3/c1-17-16-27(2,3)29-25-22(17)14-21(31-4)15-23(25)24(26(29)30)28-18-10-12-20(13-11-18)32-19-8-6-5-7-9-19/h5-15,17H,16H2,1-4H3/t17-/m1/s1. The molecule has 5 heteroatoms. The Labute approximate surface area is 188 Å². The Kier molecular flexibility index (Phi) is 4.77. The van der Waals surface area contributed by atoms with Crippen LogP contribution in [0.25, 0.3) is 0 Å². The van der Waals surface area contributed by atoms with E-state index in [2.05, 4.69) is 26.8 Å². The Balaban J connectivity index is 1.54. The molecule has 0 spiro atoms. The number of amides is 1. The van der Waals surface area contributed by atoms with E-state index in [0.29, 0.717) is 17.3 Å². The van der Waals surface area contributed by atoms with Crippen LogP contribution in [0.2, 0.25) is 0 Å². The van der Waals surface area contributed by atoms with Crippen LogP contribution in [0.3, 0.4) is 0 Å². The summed E-state index contributed by atoms with van der Waals surface area (Å²) >= 11 is 0. The van der Waals surface area contributed by atoms with Gasteiger partial charge in [-0.15, -0.1) is 0 Å². The zero-order valence-corrected chi connectivity index (χ0v) is 18.8. The number of methoxy groups -OCH3 is 1. The minimum Gasteiger partial charge on any atom is -0.497 e.